The van der Waals surface area contributed by atoms with Gasteiger partial charge in [0.05, 0.1) is 0 Å². The standard InChI is InChI=1S/C9H12N3O3PS/c1-15-16(13,14)8(11-12-9(10)17)7-5-3-2-4-6-7/h2-6H,1H3,(H,13,14)(H3,10,12,17)/b11-8+. The number of hydrazone groups is 1. The van der Waals surface area contributed by atoms with Gasteiger partial charge in [0.1, 0.15) is 0 Å². The summed E-state index contributed by atoms with van der Waals surface area (Å²) in [6.07, 6.45) is 0. The molecule has 17 heavy (non-hydrogen) atoms. The van der Waals surface area contributed by atoms with E-state index in [1.165, 1.54) is 0 Å². The lowest BCUT2D eigenvalue weighted by atomic mass is 10.2. The quantitative estimate of drug-likeness (QED) is 0.328. The Labute approximate surface area is 104 Å². The van der Waals surface area contributed by atoms with Crippen LogP contribution in [0.4, 0.5) is 0 Å². The van der Waals surface area contributed by atoms with Gasteiger partial charge in [-0.1, -0.05) is 30.3 Å². The Morgan fingerprint density at radius 2 is 2.12 bits per heavy atom. The number of hydrogen-bond donors (Lipinski definition) is 3. The highest BCUT2D eigenvalue weighted by Gasteiger charge is 2.28. The molecule has 4 N–H and O–H groups in total. The van der Waals surface area contributed by atoms with Crippen LogP contribution in [0.1, 0.15) is 5.56 Å². The SMILES string of the molecule is COP(=O)(O)/C(=N/NC(N)=S)c1ccccc1. The van der Waals surface area contributed by atoms with Crippen LogP contribution in [-0.2, 0) is 9.09 Å². The number of nitrogens with zero attached hydrogens (tertiary/aromatic N) is 1. The molecule has 1 rings (SSSR count). The van der Waals surface area contributed by atoms with Crippen LogP contribution in [0.2, 0.25) is 0 Å². The van der Waals surface area contributed by atoms with Crippen molar-refractivity contribution in [1.29, 1.82) is 0 Å². The molecule has 0 spiro atoms. The number of nitrogens with one attached hydrogen (secondary N) is 1. The van der Waals surface area contributed by atoms with Crippen molar-refractivity contribution in [3.05, 3.63) is 35.9 Å². The van der Waals surface area contributed by atoms with E-state index in [0.29, 0.717) is 5.56 Å². The summed E-state index contributed by atoms with van der Waals surface area (Å²) in [6.45, 7) is 0. The number of benzene rings is 1. The number of hydrogen-bond acceptors (Lipinski definition) is 4. The van der Waals surface area contributed by atoms with E-state index < -0.39 is 7.60 Å². The van der Waals surface area contributed by atoms with Crippen molar-refractivity contribution in [3.8, 4) is 0 Å². The predicted molar refractivity (Wildman–Crippen MR) is 69.7 cm³/mol. The first-order valence-corrected chi connectivity index (χ1v) is 6.53. The van der Waals surface area contributed by atoms with Crippen molar-refractivity contribution in [2.24, 2.45) is 10.8 Å². The van der Waals surface area contributed by atoms with E-state index in [1.807, 2.05) is 0 Å². The monoisotopic (exact) mass is 273 g/mol. The second kappa shape index (κ2) is 5.88. The van der Waals surface area contributed by atoms with Gasteiger partial charge in [-0.15, -0.1) is 0 Å². The maximum Gasteiger partial charge on any atom is 0.379 e. The molecule has 0 radical (unpaired) electrons. The van der Waals surface area contributed by atoms with Crippen LogP contribution in [0.15, 0.2) is 35.4 Å². The van der Waals surface area contributed by atoms with Gasteiger partial charge in [0.15, 0.2) is 10.6 Å². The van der Waals surface area contributed by atoms with E-state index in [1.54, 1.807) is 30.3 Å². The predicted octanol–water partition coefficient (Wildman–Crippen LogP) is 1.01. The fourth-order valence-electron chi connectivity index (χ4n) is 1.07. The van der Waals surface area contributed by atoms with Crippen LogP contribution in [0, 0.1) is 0 Å². The normalized spacial score (nSPS) is 15.1. The van der Waals surface area contributed by atoms with Gasteiger partial charge in [0.25, 0.3) is 0 Å². The summed E-state index contributed by atoms with van der Waals surface area (Å²) in [4.78, 5) is 9.63. The molecule has 0 amide bonds. The lowest BCUT2D eigenvalue weighted by Crippen LogP contribution is -2.25. The second-order valence-corrected chi connectivity index (χ2v) is 5.25. The number of thiocarbonyl (C=S) groups is 1. The zero-order valence-corrected chi connectivity index (χ0v) is 10.7. The first kappa shape index (κ1) is 13.8. The van der Waals surface area contributed by atoms with Gasteiger partial charge >= 0.3 is 7.60 Å². The molecule has 0 aliphatic rings. The minimum Gasteiger partial charge on any atom is -0.375 e. The third kappa shape index (κ3) is 3.90. The van der Waals surface area contributed by atoms with Gasteiger partial charge in [-0.25, -0.2) is 0 Å². The summed E-state index contributed by atoms with van der Waals surface area (Å²) in [5.41, 5.74) is 7.78. The van der Waals surface area contributed by atoms with E-state index in [2.05, 4.69) is 27.3 Å². The molecule has 0 bridgehead atoms. The fraction of sp³-hybridized carbons (Fsp3) is 0.111. The number of nitrogens with two attached hydrogens (primary N) is 1. The van der Waals surface area contributed by atoms with Gasteiger partial charge in [-0.3, -0.25) is 9.99 Å². The molecule has 0 saturated carbocycles. The summed E-state index contributed by atoms with van der Waals surface area (Å²) in [5, 5.41) is 3.60. The van der Waals surface area contributed by atoms with Crippen molar-refractivity contribution in [1.82, 2.24) is 5.43 Å². The van der Waals surface area contributed by atoms with Gasteiger partial charge in [-0.05, 0) is 12.2 Å². The fourth-order valence-corrected chi connectivity index (χ4v) is 1.94. The topological polar surface area (TPSA) is 96.9 Å². The minimum absolute atomic E-state index is 0.102. The maximum atomic E-state index is 11.8. The van der Waals surface area contributed by atoms with Gasteiger partial charge in [0.2, 0.25) is 0 Å². The molecule has 0 aliphatic carbocycles. The molecule has 1 unspecified atom stereocenters. The van der Waals surface area contributed by atoms with Crippen molar-refractivity contribution in [3.63, 3.8) is 0 Å². The molecule has 0 fully saturated rings. The average molecular weight is 273 g/mol. The highest BCUT2D eigenvalue weighted by molar-refractivity contribution is 7.80. The summed E-state index contributed by atoms with van der Waals surface area (Å²) in [6, 6.07) is 8.45. The zero-order valence-electron chi connectivity index (χ0n) is 9.03. The van der Waals surface area contributed by atoms with Crippen LogP contribution >= 0.6 is 19.8 Å². The van der Waals surface area contributed by atoms with Crippen molar-refractivity contribution < 1.29 is 14.0 Å². The first-order chi connectivity index (χ1) is 7.97. The largest absolute Gasteiger partial charge is 0.379 e. The Bertz CT molecular complexity index is 478. The molecule has 0 aromatic heterocycles. The van der Waals surface area contributed by atoms with Crippen molar-refractivity contribution >= 4 is 30.4 Å². The zero-order chi connectivity index (χ0) is 12.9. The molecule has 1 atom stereocenters. The lowest BCUT2D eigenvalue weighted by Gasteiger charge is -2.12. The smallest absolute Gasteiger partial charge is 0.375 e. The average Bonchev–Trinajstić information content (AvgIpc) is 2.30. The van der Waals surface area contributed by atoms with E-state index in [4.69, 9.17) is 5.73 Å². The molecule has 1 aromatic rings. The van der Waals surface area contributed by atoms with Crippen molar-refractivity contribution in [2.75, 3.05) is 7.11 Å². The molecule has 0 heterocycles. The molecule has 1 aromatic carbocycles. The van der Waals surface area contributed by atoms with E-state index in [-0.39, 0.29) is 10.6 Å². The summed E-state index contributed by atoms with van der Waals surface area (Å²) >= 11 is 4.57. The Hall–Kier alpha value is -1.27. The Morgan fingerprint density at radius 1 is 1.53 bits per heavy atom. The van der Waals surface area contributed by atoms with E-state index in [0.717, 1.165) is 7.11 Å². The van der Waals surface area contributed by atoms with Gasteiger partial charge < -0.3 is 15.2 Å². The highest BCUT2D eigenvalue weighted by atomic mass is 32.1. The molecule has 0 saturated heterocycles. The Balaban J connectivity index is 3.17. The maximum absolute atomic E-state index is 11.8. The summed E-state index contributed by atoms with van der Waals surface area (Å²) in [7, 11) is -2.86. The van der Waals surface area contributed by atoms with Gasteiger partial charge in [0, 0.05) is 12.7 Å². The molecular formula is C9H12N3O3PS. The summed E-state index contributed by atoms with van der Waals surface area (Å²) < 4.78 is 16.3. The Kier molecular flexibility index (Phi) is 4.77. The first-order valence-electron chi connectivity index (χ1n) is 4.55. The van der Waals surface area contributed by atoms with Crippen LogP contribution in [0.3, 0.4) is 0 Å². The molecule has 92 valence electrons. The Morgan fingerprint density at radius 3 is 2.59 bits per heavy atom. The lowest BCUT2D eigenvalue weighted by molar-refractivity contribution is 0.331. The van der Waals surface area contributed by atoms with Gasteiger partial charge in [-0.2, -0.15) is 5.10 Å². The van der Waals surface area contributed by atoms with Crippen LogP contribution in [0.25, 0.3) is 0 Å². The number of rotatable bonds is 4. The van der Waals surface area contributed by atoms with Crippen LogP contribution in [-0.4, -0.2) is 22.6 Å². The van der Waals surface area contributed by atoms with Crippen LogP contribution in [0.5, 0.6) is 0 Å². The molecular weight excluding hydrogens is 261 g/mol. The van der Waals surface area contributed by atoms with Crippen molar-refractivity contribution in [2.45, 2.75) is 0 Å². The third-order valence-electron chi connectivity index (χ3n) is 1.82. The van der Waals surface area contributed by atoms with E-state index in [9.17, 15) is 9.46 Å². The molecule has 6 nitrogen and oxygen atoms in total. The molecule has 0 aliphatic heterocycles. The highest BCUT2D eigenvalue weighted by Crippen LogP contribution is 2.44. The van der Waals surface area contributed by atoms with E-state index >= 15 is 0 Å². The minimum atomic E-state index is -3.99. The second-order valence-electron chi connectivity index (χ2n) is 2.98. The van der Waals surface area contributed by atoms with Crippen LogP contribution < -0.4 is 11.2 Å². The molecule has 8 heteroatoms. The summed E-state index contributed by atoms with van der Waals surface area (Å²) in [5.74, 6) is 0. The third-order valence-corrected chi connectivity index (χ3v) is 3.30.